The van der Waals surface area contributed by atoms with Crippen molar-refractivity contribution in [2.45, 2.75) is 43.8 Å². The average Bonchev–Trinajstić information content (AvgIpc) is 2.83. The van der Waals surface area contributed by atoms with Crippen LogP contribution < -0.4 is 10.1 Å². The Morgan fingerprint density at radius 2 is 1.38 bits per heavy atom. The predicted octanol–water partition coefficient (Wildman–Crippen LogP) is 7.46. The first-order valence-corrected chi connectivity index (χ1v) is 11.3. The third kappa shape index (κ3) is 8.25. The van der Waals surface area contributed by atoms with Crippen molar-refractivity contribution >= 4 is 5.69 Å². The number of benzene rings is 3. The van der Waals surface area contributed by atoms with Gasteiger partial charge in [-0.05, 0) is 59.4 Å². The highest BCUT2D eigenvalue weighted by atomic mass is 19.4. The summed E-state index contributed by atoms with van der Waals surface area (Å²) in [4.78, 5) is 0. The average molecular weight is 569 g/mol. The molecule has 3 aromatic rings. The number of halogens is 10. The highest BCUT2D eigenvalue weighted by Crippen LogP contribution is 2.33. The molecule has 39 heavy (non-hydrogen) atoms. The Morgan fingerprint density at radius 1 is 0.769 bits per heavy atom. The molecule has 3 rings (SSSR count). The number of rotatable bonds is 10. The van der Waals surface area contributed by atoms with Crippen molar-refractivity contribution in [2.75, 3.05) is 11.9 Å². The van der Waals surface area contributed by atoms with Gasteiger partial charge in [0.05, 0.1) is 5.56 Å². The molecule has 1 unspecified atom stereocenters. The number of hydrogen-bond donors (Lipinski definition) is 2. The van der Waals surface area contributed by atoms with Gasteiger partial charge in [-0.1, -0.05) is 42.5 Å². The topological polar surface area (TPSA) is 41.5 Å². The molecule has 3 nitrogen and oxygen atoms in total. The van der Waals surface area contributed by atoms with Crippen molar-refractivity contribution in [3.05, 3.63) is 94.5 Å². The van der Waals surface area contributed by atoms with Gasteiger partial charge < -0.3 is 15.2 Å². The summed E-state index contributed by atoms with van der Waals surface area (Å²) in [5.41, 5.74) is 0.300. The zero-order chi connectivity index (χ0) is 29.0. The van der Waals surface area contributed by atoms with Crippen LogP contribution in [0.4, 0.5) is 49.6 Å². The molecule has 212 valence electrons. The Morgan fingerprint density at radius 3 is 2.00 bits per heavy atom. The zero-order valence-corrected chi connectivity index (χ0v) is 19.8. The molecule has 0 aromatic heterocycles. The Kier molecular flexibility index (Phi) is 9.04. The largest absolute Gasteiger partial charge is 0.461 e. The van der Waals surface area contributed by atoms with Gasteiger partial charge in [0, 0.05) is 12.2 Å². The maximum Gasteiger partial charge on any atom is 0.461 e. The van der Waals surface area contributed by atoms with Crippen LogP contribution in [0.25, 0.3) is 0 Å². The summed E-state index contributed by atoms with van der Waals surface area (Å²) in [6.45, 7) is -0.951. The van der Waals surface area contributed by atoms with E-state index in [9.17, 15) is 49.0 Å². The molecule has 0 amide bonds. The van der Waals surface area contributed by atoms with Crippen LogP contribution in [0.3, 0.4) is 0 Å². The first-order valence-electron chi connectivity index (χ1n) is 11.3. The fourth-order valence-electron chi connectivity index (χ4n) is 3.70. The normalized spacial score (nSPS) is 13.4. The fourth-order valence-corrected chi connectivity index (χ4v) is 3.70. The van der Waals surface area contributed by atoms with Crippen molar-refractivity contribution in [1.29, 1.82) is 0 Å². The van der Waals surface area contributed by atoms with Crippen LogP contribution >= 0.6 is 0 Å². The van der Waals surface area contributed by atoms with Crippen LogP contribution in [0.15, 0.2) is 66.7 Å². The molecule has 0 saturated carbocycles. The van der Waals surface area contributed by atoms with E-state index in [4.69, 9.17) is 0 Å². The van der Waals surface area contributed by atoms with E-state index in [1.165, 1.54) is 42.5 Å². The van der Waals surface area contributed by atoms with Crippen LogP contribution in [0.2, 0.25) is 0 Å². The minimum Gasteiger partial charge on any atom is -0.428 e. The molecule has 0 aliphatic heterocycles. The second-order valence-corrected chi connectivity index (χ2v) is 8.55. The predicted molar refractivity (Wildman–Crippen MR) is 122 cm³/mol. The molecule has 0 fully saturated rings. The first-order chi connectivity index (χ1) is 18.1. The van der Waals surface area contributed by atoms with Gasteiger partial charge in [0.1, 0.15) is 5.75 Å². The molecular weight excluding hydrogens is 548 g/mol. The van der Waals surface area contributed by atoms with E-state index >= 15 is 0 Å². The Bertz CT molecular complexity index is 1260. The summed E-state index contributed by atoms with van der Waals surface area (Å²) in [6, 6.07) is 13.4. The van der Waals surface area contributed by atoms with Gasteiger partial charge in [0.2, 0.25) is 0 Å². The lowest BCUT2D eigenvalue weighted by atomic mass is 9.93. The third-order valence-corrected chi connectivity index (χ3v) is 5.57. The summed E-state index contributed by atoms with van der Waals surface area (Å²) in [5, 5.41) is 11.9. The highest BCUT2D eigenvalue weighted by Gasteiger charge is 2.44. The van der Waals surface area contributed by atoms with Crippen LogP contribution in [0.1, 0.15) is 27.8 Å². The van der Waals surface area contributed by atoms with Gasteiger partial charge in [-0.3, -0.25) is 0 Å². The minimum atomic E-state index is -4.93. The quantitative estimate of drug-likeness (QED) is 0.249. The smallest absolute Gasteiger partial charge is 0.428 e. The number of hydrogen-bond acceptors (Lipinski definition) is 3. The van der Waals surface area contributed by atoms with Gasteiger partial charge in [0.15, 0.2) is 6.10 Å². The van der Waals surface area contributed by atoms with Crippen molar-refractivity contribution in [2.24, 2.45) is 0 Å². The van der Waals surface area contributed by atoms with Gasteiger partial charge in [0.25, 0.3) is 0 Å². The standard InChI is InChI=1S/C26H21F10NO2/c27-23(28)26(35,36)39-19-8-2-5-16(12-19)13-20-17(10-15-4-1-7-18(11-15)24(29,30)31)6-3-9-21(20)37-14-22(38)25(32,33)34/h1-9,11-12,22-23,37-38H,10,13-14H2. The second-order valence-electron chi connectivity index (χ2n) is 8.55. The van der Waals surface area contributed by atoms with Crippen LogP contribution in [-0.4, -0.2) is 36.5 Å². The number of aliphatic hydroxyl groups is 1. The van der Waals surface area contributed by atoms with E-state index in [2.05, 4.69) is 10.1 Å². The van der Waals surface area contributed by atoms with Crippen LogP contribution in [-0.2, 0) is 19.0 Å². The number of nitrogens with one attached hydrogen (secondary N) is 1. The highest BCUT2D eigenvalue weighted by molar-refractivity contribution is 5.58. The lowest BCUT2D eigenvalue weighted by molar-refractivity contribution is -0.253. The first kappa shape index (κ1) is 30.1. The van der Waals surface area contributed by atoms with Gasteiger partial charge in [-0.25, -0.2) is 0 Å². The minimum absolute atomic E-state index is 0.0871. The summed E-state index contributed by atoms with van der Waals surface area (Å²) >= 11 is 0. The molecule has 0 spiro atoms. The molecular formula is C26H21F10NO2. The summed E-state index contributed by atoms with van der Waals surface area (Å²) in [5.74, 6) is -0.602. The van der Waals surface area contributed by atoms with E-state index in [1.807, 2.05) is 0 Å². The Balaban J connectivity index is 1.98. The van der Waals surface area contributed by atoms with Gasteiger partial charge in [-0.2, -0.15) is 43.9 Å². The van der Waals surface area contributed by atoms with E-state index < -0.39 is 48.8 Å². The van der Waals surface area contributed by atoms with Gasteiger partial charge in [-0.15, -0.1) is 0 Å². The fraction of sp³-hybridized carbons (Fsp3) is 0.308. The lowest BCUT2D eigenvalue weighted by Gasteiger charge is -2.21. The molecule has 13 heteroatoms. The molecule has 2 N–H and O–H groups in total. The van der Waals surface area contributed by atoms with E-state index in [-0.39, 0.29) is 35.2 Å². The Hall–Kier alpha value is -3.48. The Labute approximate surface area is 216 Å². The molecule has 0 aliphatic rings. The summed E-state index contributed by atoms with van der Waals surface area (Å²) < 4.78 is 134. The third-order valence-electron chi connectivity index (χ3n) is 5.57. The summed E-state index contributed by atoms with van der Waals surface area (Å²) in [6.07, 6.45) is -21.4. The molecule has 0 heterocycles. The summed E-state index contributed by atoms with van der Waals surface area (Å²) in [7, 11) is 0. The van der Waals surface area contributed by atoms with E-state index in [0.717, 1.165) is 24.3 Å². The van der Waals surface area contributed by atoms with Gasteiger partial charge >= 0.3 is 24.9 Å². The maximum absolute atomic E-state index is 13.4. The van der Waals surface area contributed by atoms with Crippen molar-refractivity contribution in [3.8, 4) is 5.75 Å². The molecule has 0 radical (unpaired) electrons. The molecule has 0 bridgehead atoms. The molecule has 0 aliphatic carbocycles. The molecule has 3 aromatic carbocycles. The van der Waals surface area contributed by atoms with E-state index in [1.54, 1.807) is 0 Å². The second kappa shape index (κ2) is 11.7. The van der Waals surface area contributed by atoms with Crippen molar-refractivity contribution in [3.63, 3.8) is 0 Å². The van der Waals surface area contributed by atoms with Crippen LogP contribution in [0.5, 0.6) is 5.75 Å². The number of aliphatic hydroxyl groups excluding tert-OH is 1. The maximum atomic E-state index is 13.4. The lowest BCUT2D eigenvalue weighted by Crippen LogP contribution is -2.35. The number of anilines is 1. The van der Waals surface area contributed by atoms with Crippen molar-refractivity contribution in [1.82, 2.24) is 0 Å². The molecule has 1 atom stereocenters. The van der Waals surface area contributed by atoms with E-state index in [0.29, 0.717) is 5.56 Å². The number of ether oxygens (including phenoxy) is 1. The molecule has 0 saturated heterocycles. The SMILES string of the molecule is OC(CNc1cccc(Cc2cccc(C(F)(F)F)c2)c1Cc1cccc(OC(F)(F)C(F)F)c1)C(F)(F)F. The number of alkyl halides is 10. The van der Waals surface area contributed by atoms with Crippen LogP contribution in [0, 0.1) is 0 Å². The van der Waals surface area contributed by atoms with Crippen molar-refractivity contribution < 1.29 is 53.7 Å². The zero-order valence-electron chi connectivity index (χ0n) is 19.8. The monoisotopic (exact) mass is 569 g/mol.